The van der Waals surface area contributed by atoms with Gasteiger partial charge in [-0.05, 0) is 29.8 Å². The molecule has 1 aliphatic heterocycles. The lowest BCUT2D eigenvalue weighted by atomic mass is 9.96. The highest BCUT2D eigenvalue weighted by atomic mass is 32.2. The molecule has 1 amide bonds. The van der Waals surface area contributed by atoms with Crippen molar-refractivity contribution < 1.29 is 22.7 Å². The fourth-order valence-corrected chi connectivity index (χ4v) is 2.42. The van der Waals surface area contributed by atoms with Crippen LogP contribution < -0.4 is 10.1 Å². The number of hydrogen-bond donors (Lipinski definition) is 1. The summed E-state index contributed by atoms with van der Waals surface area (Å²) in [4.78, 5) is 11.9. The number of carbonyl (C=O) groups is 1. The number of amides is 1. The largest absolute Gasteiger partial charge is 0.492 e. The van der Waals surface area contributed by atoms with Gasteiger partial charge < -0.3 is 10.1 Å². The molecular formula is C13H14F3NO2S. The van der Waals surface area contributed by atoms with E-state index in [0.717, 1.165) is 11.3 Å². The van der Waals surface area contributed by atoms with E-state index in [9.17, 15) is 18.0 Å². The number of fused-ring (bicyclic) bond motifs is 1. The van der Waals surface area contributed by atoms with Gasteiger partial charge in [0.05, 0.1) is 5.92 Å². The summed E-state index contributed by atoms with van der Waals surface area (Å²) in [6, 6.07) is 7.44. The van der Waals surface area contributed by atoms with Crippen LogP contribution >= 0.6 is 11.8 Å². The summed E-state index contributed by atoms with van der Waals surface area (Å²) in [6.45, 7) is 0.260. The Morgan fingerprint density at radius 1 is 1.40 bits per heavy atom. The fraction of sp³-hybridized carbons (Fsp3) is 0.462. The summed E-state index contributed by atoms with van der Waals surface area (Å²) in [6.07, 6.45) is 0.550. The molecule has 1 unspecified atom stereocenters. The van der Waals surface area contributed by atoms with Crippen LogP contribution in [0.3, 0.4) is 0 Å². The van der Waals surface area contributed by atoms with Crippen LogP contribution in [0.25, 0.3) is 0 Å². The minimum atomic E-state index is -4.25. The number of thioether (sulfide) groups is 1. The lowest BCUT2D eigenvalue weighted by Gasteiger charge is -2.24. The molecular weight excluding hydrogens is 291 g/mol. The molecule has 0 saturated heterocycles. The lowest BCUT2D eigenvalue weighted by molar-refractivity contribution is -0.126. The Balaban J connectivity index is 1.77. The third-order valence-corrected chi connectivity index (χ3v) is 3.65. The van der Waals surface area contributed by atoms with E-state index in [1.54, 1.807) is 0 Å². The number of hydrogen-bond acceptors (Lipinski definition) is 3. The van der Waals surface area contributed by atoms with Crippen LogP contribution in [0.2, 0.25) is 0 Å². The average Bonchev–Trinajstić information content (AvgIpc) is 2.42. The lowest BCUT2D eigenvalue weighted by Crippen LogP contribution is -2.38. The summed E-state index contributed by atoms with van der Waals surface area (Å²) in [5, 5.41) is 2.52. The van der Waals surface area contributed by atoms with Crippen LogP contribution in [0.1, 0.15) is 5.56 Å². The predicted octanol–water partition coefficient (Wildman–Crippen LogP) is 2.61. The zero-order valence-corrected chi connectivity index (χ0v) is 11.4. The van der Waals surface area contributed by atoms with Gasteiger partial charge in [-0.1, -0.05) is 18.2 Å². The average molecular weight is 305 g/mol. The second-order valence-corrected chi connectivity index (χ2v) is 5.56. The van der Waals surface area contributed by atoms with Crippen molar-refractivity contribution in [2.45, 2.75) is 11.9 Å². The van der Waals surface area contributed by atoms with Gasteiger partial charge in [0.1, 0.15) is 12.4 Å². The van der Waals surface area contributed by atoms with Gasteiger partial charge in [0.2, 0.25) is 5.91 Å². The van der Waals surface area contributed by atoms with Gasteiger partial charge in [0.25, 0.3) is 0 Å². The van der Waals surface area contributed by atoms with Crippen LogP contribution in [0, 0.1) is 5.92 Å². The van der Waals surface area contributed by atoms with Crippen LogP contribution in [0.15, 0.2) is 24.3 Å². The molecule has 1 aliphatic rings. The Morgan fingerprint density at radius 3 is 2.90 bits per heavy atom. The molecule has 1 heterocycles. The van der Waals surface area contributed by atoms with Gasteiger partial charge in [0, 0.05) is 12.3 Å². The number of benzene rings is 1. The van der Waals surface area contributed by atoms with E-state index in [1.165, 1.54) is 0 Å². The third kappa shape index (κ3) is 4.33. The minimum absolute atomic E-state index is 0.00115. The van der Waals surface area contributed by atoms with Crippen molar-refractivity contribution >= 4 is 17.7 Å². The summed E-state index contributed by atoms with van der Waals surface area (Å²) in [5.74, 6) is -0.0217. The van der Waals surface area contributed by atoms with Crippen molar-refractivity contribution in [3.05, 3.63) is 29.8 Å². The highest BCUT2D eigenvalue weighted by molar-refractivity contribution is 8.00. The van der Waals surface area contributed by atoms with Crippen molar-refractivity contribution in [3.63, 3.8) is 0 Å². The number of para-hydroxylation sites is 1. The van der Waals surface area contributed by atoms with Crippen molar-refractivity contribution in [1.29, 1.82) is 0 Å². The second kappa shape index (κ2) is 6.39. The molecule has 0 spiro atoms. The number of alkyl halides is 3. The Kier molecular flexibility index (Phi) is 4.80. The predicted molar refractivity (Wildman–Crippen MR) is 70.7 cm³/mol. The maximum atomic E-state index is 11.9. The monoisotopic (exact) mass is 305 g/mol. The molecule has 110 valence electrons. The van der Waals surface area contributed by atoms with Crippen LogP contribution in [-0.4, -0.2) is 30.3 Å². The van der Waals surface area contributed by atoms with Gasteiger partial charge in [-0.15, -0.1) is 0 Å². The summed E-state index contributed by atoms with van der Waals surface area (Å²) in [5.41, 5.74) is -3.30. The number of carbonyl (C=O) groups excluding carboxylic acids is 1. The van der Waals surface area contributed by atoms with E-state index in [-0.39, 0.29) is 42.5 Å². The smallest absolute Gasteiger partial charge is 0.441 e. The molecule has 3 nitrogen and oxygen atoms in total. The zero-order valence-electron chi connectivity index (χ0n) is 10.6. The molecule has 0 aliphatic carbocycles. The molecule has 1 aromatic rings. The number of nitrogens with one attached hydrogen (secondary N) is 1. The molecule has 2 rings (SSSR count). The molecule has 1 N–H and O–H groups in total. The molecule has 1 atom stereocenters. The first-order valence-electron chi connectivity index (χ1n) is 6.15. The van der Waals surface area contributed by atoms with E-state index < -0.39 is 5.51 Å². The first-order chi connectivity index (χ1) is 9.46. The van der Waals surface area contributed by atoms with Crippen molar-refractivity contribution in [1.82, 2.24) is 5.32 Å². The Labute approximate surface area is 118 Å². The zero-order chi connectivity index (χ0) is 14.6. The highest BCUT2D eigenvalue weighted by Gasteiger charge is 2.28. The van der Waals surface area contributed by atoms with E-state index in [4.69, 9.17) is 4.74 Å². The Bertz CT molecular complexity index is 479. The van der Waals surface area contributed by atoms with Crippen LogP contribution in [-0.2, 0) is 11.2 Å². The third-order valence-electron chi connectivity index (χ3n) is 2.92. The summed E-state index contributed by atoms with van der Waals surface area (Å²) < 4.78 is 41.3. The van der Waals surface area contributed by atoms with Gasteiger partial charge in [-0.25, -0.2) is 0 Å². The quantitative estimate of drug-likeness (QED) is 0.869. The maximum Gasteiger partial charge on any atom is 0.441 e. The SMILES string of the molecule is O=C(NCCSC(F)(F)F)C1COc2ccccc2C1. The molecule has 0 saturated carbocycles. The van der Waals surface area contributed by atoms with Crippen molar-refractivity contribution in [2.24, 2.45) is 5.92 Å². The van der Waals surface area contributed by atoms with E-state index in [0.29, 0.717) is 6.42 Å². The fourth-order valence-electron chi connectivity index (χ4n) is 1.98. The molecule has 20 heavy (non-hydrogen) atoms. The van der Waals surface area contributed by atoms with Crippen molar-refractivity contribution in [3.8, 4) is 5.75 Å². The number of rotatable bonds is 4. The number of halogens is 3. The minimum Gasteiger partial charge on any atom is -0.492 e. The van der Waals surface area contributed by atoms with Gasteiger partial charge in [0.15, 0.2) is 0 Å². The summed E-state index contributed by atoms with van der Waals surface area (Å²) >= 11 is -0.135. The molecule has 0 bridgehead atoms. The maximum absolute atomic E-state index is 11.9. The number of ether oxygens (including phenoxy) is 1. The standard InChI is InChI=1S/C13H14F3NO2S/c14-13(15,16)20-6-5-17-12(18)10-7-9-3-1-2-4-11(9)19-8-10/h1-4,10H,5-8H2,(H,17,18). The van der Waals surface area contributed by atoms with Crippen molar-refractivity contribution in [2.75, 3.05) is 18.9 Å². The molecule has 0 aromatic heterocycles. The first-order valence-corrected chi connectivity index (χ1v) is 7.13. The van der Waals surface area contributed by atoms with Gasteiger partial charge in [-0.3, -0.25) is 4.79 Å². The first kappa shape index (κ1) is 15.0. The molecule has 7 heteroatoms. The normalized spacial score (nSPS) is 18.1. The summed E-state index contributed by atoms with van der Waals surface area (Å²) in [7, 11) is 0. The van der Waals surface area contributed by atoms with Gasteiger partial charge >= 0.3 is 5.51 Å². The molecule has 0 fully saturated rings. The van der Waals surface area contributed by atoms with Crippen LogP contribution in [0.5, 0.6) is 5.75 Å². The van der Waals surface area contributed by atoms with Gasteiger partial charge in [-0.2, -0.15) is 13.2 Å². The van der Waals surface area contributed by atoms with Crippen LogP contribution in [0.4, 0.5) is 13.2 Å². The molecule has 0 radical (unpaired) electrons. The van der Waals surface area contributed by atoms with E-state index in [1.807, 2.05) is 24.3 Å². The topological polar surface area (TPSA) is 38.3 Å². The highest BCUT2D eigenvalue weighted by Crippen LogP contribution is 2.29. The van der Waals surface area contributed by atoms with E-state index in [2.05, 4.69) is 5.32 Å². The Hall–Kier alpha value is -1.37. The Morgan fingerprint density at radius 2 is 2.15 bits per heavy atom. The van der Waals surface area contributed by atoms with E-state index >= 15 is 0 Å². The second-order valence-electron chi connectivity index (χ2n) is 4.41. The molecule has 1 aromatic carbocycles.